The lowest BCUT2D eigenvalue weighted by molar-refractivity contribution is -0.134. The van der Waals surface area contributed by atoms with Crippen LogP contribution in [-0.2, 0) is 9.59 Å². The van der Waals surface area contributed by atoms with Gasteiger partial charge >= 0.3 is 0 Å². The largest absolute Gasteiger partial charge is 0.354 e. The second kappa shape index (κ2) is 6.32. The van der Waals surface area contributed by atoms with E-state index in [0.29, 0.717) is 6.04 Å². The van der Waals surface area contributed by atoms with Crippen LogP contribution >= 0.6 is 0 Å². The standard InChI is InChI=1S/C15H26N4O2/c1-12(20)18-4-2-13(3-5-18)15(21)16-10-14-11-17-6-8-19(14)9-7-17/h13-14H,2-11H2,1H3,(H,16,21). The summed E-state index contributed by atoms with van der Waals surface area (Å²) in [6.45, 7) is 9.51. The van der Waals surface area contributed by atoms with Crippen molar-refractivity contribution in [2.75, 3.05) is 52.4 Å². The number of rotatable bonds is 3. The van der Waals surface area contributed by atoms with Gasteiger partial charge in [0.25, 0.3) is 0 Å². The van der Waals surface area contributed by atoms with E-state index < -0.39 is 0 Å². The van der Waals surface area contributed by atoms with Gasteiger partial charge in [0.2, 0.25) is 11.8 Å². The summed E-state index contributed by atoms with van der Waals surface area (Å²) in [5, 5.41) is 3.14. The Labute approximate surface area is 126 Å². The molecule has 118 valence electrons. The molecule has 0 aliphatic carbocycles. The molecule has 1 unspecified atom stereocenters. The number of nitrogens with zero attached hydrogens (tertiary/aromatic N) is 3. The number of hydrogen-bond donors (Lipinski definition) is 1. The minimum atomic E-state index is 0.0803. The van der Waals surface area contributed by atoms with E-state index in [1.54, 1.807) is 6.92 Å². The van der Waals surface area contributed by atoms with E-state index in [2.05, 4.69) is 15.1 Å². The Kier molecular flexibility index (Phi) is 4.45. The topological polar surface area (TPSA) is 55.9 Å². The van der Waals surface area contributed by atoms with E-state index >= 15 is 0 Å². The van der Waals surface area contributed by atoms with Gasteiger partial charge in [-0.3, -0.25) is 19.4 Å². The third-order valence-electron chi connectivity index (χ3n) is 5.22. The van der Waals surface area contributed by atoms with Crippen molar-refractivity contribution in [3.8, 4) is 0 Å². The van der Waals surface area contributed by atoms with Crippen molar-refractivity contribution in [3.63, 3.8) is 0 Å². The van der Waals surface area contributed by atoms with Crippen LogP contribution in [0.25, 0.3) is 0 Å². The van der Waals surface area contributed by atoms with Gasteiger partial charge in [0.1, 0.15) is 0 Å². The average molecular weight is 294 g/mol. The first-order valence-electron chi connectivity index (χ1n) is 8.13. The van der Waals surface area contributed by atoms with Crippen LogP contribution in [0.4, 0.5) is 0 Å². The van der Waals surface area contributed by atoms with Gasteiger partial charge in [-0.05, 0) is 12.8 Å². The molecule has 1 atom stereocenters. The van der Waals surface area contributed by atoms with Gasteiger partial charge in [-0.25, -0.2) is 0 Å². The van der Waals surface area contributed by atoms with E-state index in [9.17, 15) is 9.59 Å². The average Bonchev–Trinajstić information content (AvgIpc) is 2.54. The molecule has 0 aromatic rings. The molecule has 0 aromatic carbocycles. The maximum Gasteiger partial charge on any atom is 0.223 e. The van der Waals surface area contributed by atoms with Gasteiger partial charge in [0, 0.05) is 71.2 Å². The number of likely N-dealkylation sites (tertiary alicyclic amines) is 1. The monoisotopic (exact) mass is 294 g/mol. The molecule has 0 aromatic heterocycles. The highest BCUT2D eigenvalue weighted by molar-refractivity contribution is 5.79. The van der Waals surface area contributed by atoms with Crippen molar-refractivity contribution in [3.05, 3.63) is 0 Å². The van der Waals surface area contributed by atoms with Crippen LogP contribution in [-0.4, -0.2) is 84.9 Å². The molecule has 6 heteroatoms. The molecule has 4 rings (SSSR count). The fraction of sp³-hybridized carbons (Fsp3) is 0.867. The lowest BCUT2D eigenvalue weighted by Crippen LogP contribution is -2.63. The van der Waals surface area contributed by atoms with Crippen LogP contribution in [0.2, 0.25) is 0 Å². The molecule has 6 nitrogen and oxygen atoms in total. The fourth-order valence-electron chi connectivity index (χ4n) is 3.74. The highest BCUT2D eigenvalue weighted by atomic mass is 16.2. The number of hydrogen-bond acceptors (Lipinski definition) is 4. The molecule has 2 amide bonds. The molecular weight excluding hydrogens is 268 g/mol. The minimum absolute atomic E-state index is 0.0803. The lowest BCUT2D eigenvalue weighted by Gasteiger charge is -2.47. The minimum Gasteiger partial charge on any atom is -0.354 e. The van der Waals surface area contributed by atoms with Gasteiger partial charge in [0.15, 0.2) is 0 Å². The Morgan fingerprint density at radius 3 is 2.24 bits per heavy atom. The summed E-state index contributed by atoms with van der Waals surface area (Å²) in [5.41, 5.74) is 0. The molecule has 0 radical (unpaired) electrons. The van der Waals surface area contributed by atoms with E-state index in [1.165, 1.54) is 13.1 Å². The summed E-state index contributed by atoms with van der Waals surface area (Å²) < 4.78 is 0. The molecule has 4 aliphatic heterocycles. The number of piperidine rings is 1. The van der Waals surface area contributed by atoms with Gasteiger partial charge in [-0.1, -0.05) is 0 Å². The zero-order valence-electron chi connectivity index (χ0n) is 12.9. The molecule has 4 heterocycles. The quantitative estimate of drug-likeness (QED) is 0.752. The number of fused-ring (bicyclic) bond motifs is 3. The van der Waals surface area contributed by atoms with Crippen LogP contribution in [0.3, 0.4) is 0 Å². The first-order chi connectivity index (χ1) is 10.1. The fourth-order valence-corrected chi connectivity index (χ4v) is 3.74. The number of carbonyl (C=O) groups is 2. The van der Waals surface area contributed by atoms with E-state index in [-0.39, 0.29) is 17.7 Å². The highest BCUT2D eigenvalue weighted by Crippen LogP contribution is 2.18. The predicted molar refractivity (Wildman–Crippen MR) is 79.8 cm³/mol. The third kappa shape index (κ3) is 3.37. The SMILES string of the molecule is CC(=O)N1CCC(C(=O)NCC2CN3CCN2CC3)CC1. The Morgan fingerprint density at radius 2 is 1.71 bits per heavy atom. The Morgan fingerprint density at radius 1 is 1.05 bits per heavy atom. The summed E-state index contributed by atoms with van der Waals surface area (Å²) in [7, 11) is 0. The first-order valence-corrected chi connectivity index (χ1v) is 8.13. The zero-order chi connectivity index (χ0) is 14.8. The summed E-state index contributed by atoms with van der Waals surface area (Å²) in [6, 6.07) is 0.480. The molecule has 2 bridgehead atoms. The molecule has 4 aliphatic rings. The van der Waals surface area contributed by atoms with Gasteiger partial charge in [0.05, 0.1) is 0 Å². The summed E-state index contributed by atoms with van der Waals surface area (Å²) in [4.78, 5) is 30.4. The molecule has 0 spiro atoms. The Balaban J connectivity index is 1.42. The van der Waals surface area contributed by atoms with Crippen molar-refractivity contribution >= 4 is 11.8 Å². The number of piperazine rings is 3. The summed E-state index contributed by atoms with van der Waals surface area (Å²) in [6.07, 6.45) is 1.60. The molecule has 1 N–H and O–H groups in total. The van der Waals surface area contributed by atoms with Gasteiger partial charge < -0.3 is 10.2 Å². The summed E-state index contributed by atoms with van der Waals surface area (Å²) in [5.74, 6) is 0.376. The third-order valence-corrected chi connectivity index (χ3v) is 5.22. The first kappa shape index (κ1) is 14.8. The number of nitrogens with one attached hydrogen (secondary N) is 1. The predicted octanol–water partition coefficient (Wildman–Crippen LogP) is -0.639. The normalized spacial score (nSPS) is 33.0. The molecular formula is C15H26N4O2. The maximum atomic E-state index is 12.3. The highest BCUT2D eigenvalue weighted by Gasteiger charge is 2.32. The van der Waals surface area contributed by atoms with Crippen LogP contribution in [0.5, 0.6) is 0 Å². The van der Waals surface area contributed by atoms with Crippen molar-refractivity contribution in [1.29, 1.82) is 0 Å². The second-order valence-corrected chi connectivity index (χ2v) is 6.52. The van der Waals surface area contributed by atoms with Gasteiger partial charge in [-0.2, -0.15) is 0 Å². The van der Waals surface area contributed by atoms with Crippen molar-refractivity contribution in [2.24, 2.45) is 5.92 Å². The Bertz CT molecular complexity index is 398. The molecule has 4 saturated heterocycles. The van der Waals surface area contributed by atoms with Crippen LogP contribution in [0, 0.1) is 5.92 Å². The van der Waals surface area contributed by atoms with Crippen molar-refractivity contribution < 1.29 is 9.59 Å². The van der Waals surface area contributed by atoms with Crippen LogP contribution in [0.1, 0.15) is 19.8 Å². The van der Waals surface area contributed by atoms with Crippen LogP contribution in [0.15, 0.2) is 0 Å². The lowest BCUT2D eigenvalue weighted by atomic mass is 9.95. The smallest absolute Gasteiger partial charge is 0.223 e. The molecule has 0 saturated carbocycles. The second-order valence-electron chi connectivity index (χ2n) is 6.52. The van der Waals surface area contributed by atoms with Crippen molar-refractivity contribution in [1.82, 2.24) is 20.0 Å². The number of amides is 2. The molecule has 21 heavy (non-hydrogen) atoms. The van der Waals surface area contributed by atoms with E-state index in [4.69, 9.17) is 0 Å². The van der Waals surface area contributed by atoms with E-state index in [0.717, 1.165) is 52.1 Å². The summed E-state index contributed by atoms with van der Waals surface area (Å²) >= 11 is 0. The molecule has 4 fully saturated rings. The Hall–Kier alpha value is -1.14. The van der Waals surface area contributed by atoms with Crippen LogP contribution < -0.4 is 5.32 Å². The number of carbonyl (C=O) groups excluding carboxylic acids is 2. The van der Waals surface area contributed by atoms with Gasteiger partial charge in [-0.15, -0.1) is 0 Å². The zero-order valence-corrected chi connectivity index (χ0v) is 12.9. The maximum absolute atomic E-state index is 12.3. The van der Waals surface area contributed by atoms with E-state index in [1.807, 2.05) is 4.90 Å². The van der Waals surface area contributed by atoms with Crippen molar-refractivity contribution in [2.45, 2.75) is 25.8 Å².